The molecule has 1 heterocycles. The first-order valence-corrected chi connectivity index (χ1v) is 11.5. The van der Waals surface area contributed by atoms with E-state index < -0.39 is 23.5 Å². The van der Waals surface area contributed by atoms with E-state index in [0.717, 1.165) is 22.3 Å². The van der Waals surface area contributed by atoms with Crippen molar-refractivity contribution >= 4 is 18.0 Å². The number of carboxylic acid groups (broad SMARTS) is 1. The molecule has 2 N–H and O–H groups in total. The molecule has 0 spiro atoms. The quantitative estimate of drug-likeness (QED) is 0.578. The molecule has 2 amide bonds. The van der Waals surface area contributed by atoms with Crippen molar-refractivity contribution in [2.75, 3.05) is 19.7 Å². The Labute approximate surface area is 199 Å². The lowest BCUT2D eigenvalue weighted by Crippen LogP contribution is -2.65. The molecule has 178 valence electrons. The molecule has 7 nitrogen and oxygen atoms in total. The van der Waals surface area contributed by atoms with Gasteiger partial charge >= 0.3 is 12.1 Å². The standard InChI is InChI=1S/C27H30N2O5/c1-4-13-27(25(31)32)15-29(16-27)24(30)23(17(2)3)28-26(33)34-14-22-20-11-7-5-9-18(20)19-10-6-8-12-21(19)22/h4-12,17,22-23H,1,13-16H2,2-3H3,(H,28,33)(H,31,32). The summed E-state index contributed by atoms with van der Waals surface area (Å²) in [6.45, 7) is 7.65. The van der Waals surface area contributed by atoms with Crippen LogP contribution in [0.15, 0.2) is 61.2 Å². The summed E-state index contributed by atoms with van der Waals surface area (Å²) in [4.78, 5) is 38.9. The number of rotatable bonds is 8. The fraction of sp³-hybridized carbons (Fsp3) is 0.370. The second-order valence-electron chi connectivity index (χ2n) is 9.46. The summed E-state index contributed by atoms with van der Waals surface area (Å²) in [5.74, 6) is -1.50. The largest absolute Gasteiger partial charge is 0.481 e. The average molecular weight is 463 g/mol. The van der Waals surface area contributed by atoms with Crippen LogP contribution in [0, 0.1) is 11.3 Å². The zero-order chi connectivity index (χ0) is 24.5. The molecule has 0 bridgehead atoms. The molecule has 34 heavy (non-hydrogen) atoms. The summed E-state index contributed by atoms with van der Waals surface area (Å²) >= 11 is 0. The molecular weight excluding hydrogens is 432 g/mol. The van der Waals surface area contributed by atoms with Crippen molar-refractivity contribution in [2.24, 2.45) is 11.3 Å². The van der Waals surface area contributed by atoms with Gasteiger partial charge in [-0.05, 0) is 34.6 Å². The highest BCUT2D eigenvalue weighted by Crippen LogP contribution is 2.44. The third-order valence-electron chi connectivity index (χ3n) is 6.84. The minimum atomic E-state index is -0.997. The Morgan fingerprint density at radius 1 is 1.12 bits per heavy atom. The number of ether oxygens (including phenoxy) is 1. The van der Waals surface area contributed by atoms with Gasteiger partial charge in [0, 0.05) is 19.0 Å². The number of nitrogens with one attached hydrogen (secondary N) is 1. The third kappa shape index (κ3) is 4.18. The molecule has 1 fully saturated rings. The van der Waals surface area contributed by atoms with Crippen LogP contribution in [0.4, 0.5) is 4.79 Å². The number of nitrogens with zero attached hydrogens (tertiary/aromatic N) is 1. The highest BCUT2D eigenvalue weighted by Gasteiger charge is 2.51. The van der Waals surface area contributed by atoms with Crippen molar-refractivity contribution < 1.29 is 24.2 Å². The number of hydrogen-bond donors (Lipinski definition) is 2. The van der Waals surface area contributed by atoms with Crippen LogP contribution in [-0.4, -0.2) is 53.7 Å². The van der Waals surface area contributed by atoms with Crippen LogP contribution < -0.4 is 5.32 Å². The predicted octanol–water partition coefficient (Wildman–Crippen LogP) is 4.04. The lowest BCUT2D eigenvalue weighted by molar-refractivity contribution is -0.166. The molecule has 1 atom stereocenters. The van der Waals surface area contributed by atoms with Crippen LogP contribution in [0.3, 0.4) is 0 Å². The number of carboxylic acids is 1. The molecule has 1 unspecified atom stereocenters. The summed E-state index contributed by atoms with van der Waals surface area (Å²) in [6.07, 6.45) is 1.19. The van der Waals surface area contributed by atoms with E-state index in [1.165, 1.54) is 4.90 Å². The van der Waals surface area contributed by atoms with E-state index in [0.29, 0.717) is 0 Å². The van der Waals surface area contributed by atoms with Gasteiger partial charge in [0.25, 0.3) is 0 Å². The van der Waals surface area contributed by atoms with Crippen LogP contribution in [0.1, 0.15) is 37.3 Å². The summed E-state index contributed by atoms with van der Waals surface area (Å²) in [5.41, 5.74) is 3.51. The minimum Gasteiger partial charge on any atom is -0.481 e. The van der Waals surface area contributed by atoms with E-state index in [9.17, 15) is 19.5 Å². The molecule has 0 aromatic heterocycles. The van der Waals surface area contributed by atoms with Crippen LogP contribution in [0.25, 0.3) is 11.1 Å². The number of carbonyl (C=O) groups excluding carboxylic acids is 2. The number of benzene rings is 2. The number of alkyl carbamates (subject to hydrolysis) is 1. The number of likely N-dealkylation sites (tertiary alicyclic amines) is 1. The van der Waals surface area contributed by atoms with Gasteiger partial charge in [-0.2, -0.15) is 0 Å². The summed E-state index contributed by atoms with van der Waals surface area (Å²) in [7, 11) is 0. The topological polar surface area (TPSA) is 95.9 Å². The first-order chi connectivity index (χ1) is 16.3. The van der Waals surface area contributed by atoms with Crippen molar-refractivity contribution in [3.8, 4) is 11.1 Å². The Hall–Kier alpha value is -3.61. The lowest BCUT2D eigenvalue weighted by Gasteiger charge is -2.48. The van der Waals surface area contributed by atoms with Gasteiger partial charge in [0.1, 0.15) is 18.1 Å². The fourth-order valence-corrected chi connectivity index (χ4v) is 4.95. The van der Waals surface area contributed by atoms with Crippen LogP contribution >= 0.6 is 0 Å². The minimum absolute atomic E-state index is 0.0724. The lowest BCUT2D eigenvalue weighted by atomic mass is 9.76. The first kappa shape index (κ1) is 23.5. The molecule has 4 rings (SSSR count). The molecule has 0 radical (unpaired) electrons. The van der Waals surface area contributed by atoms with Crippen molar-refractivity contribution in [2.45, 2.75) is 32.2 Å². The zero-order valence-corrected chi connectivity index (χ0v) is 19.5. The Kier molecular flexibility index (Phi) is 6.46. The summed E-state index contributed by atoms with van der Waals surface area (Å²) in [5, 5.41) is 12.3. The van der Waals surface area contributed by atoms with Gasteiger partial charge in [0.15, 0.2) is 0 Å². The Morgan fingerprint density at radius 2 is 1.68 bits per heavy atom. The molecule has 1 saturated heterocycles. The van der Waals surface area contributed by atoms with E-state index >= 15 is 0 Å². The summed E-state index contributed by atoms with van der Waals surface area (Å²) in [6, 6.07) is 15.4. The summed E-state index contributed by atoms with van der Waals surface area (Å²) < 4.78 is 5.59. The molecule has 7 heteroatoms. The fourth-order valence-electron chi connectivity index (χ4n) is 4.95. The van der Waals surface area contributed by atoms with Crippen molar-refractivity contribution in [1.29, 1.82) is 0 Å². The van der Waals surface area contributed by atoms with E-state index in [1.54, 1.807) is 6.08 Å². The maximum atomic E-state index is 13.0. The van der Waals surface area contributed by atoms with Gasteiger partial charge in [-0.1, -0.05) is 68.5 Å². The van der Waals surface area contributed by atoms with Crippen LogP contribution in [0.5, 0.6) is 0 Å². The number of aliphatic carboxylic acids is 1. The molecular formula is C27H30N2O5. The second kappa shape index (κ2) is 9.33. The SMILES string of the molecule is C=CCC1(C(=O)O)CN(C(=O)C(NC(=O)OCC2c3ccccc3-c3ccccc32)C(C)C)C1. The third-order valence-corrected chi connectivity index (χ3v) is 6.84. The Morgan fingerprint density at radius 3 is 2.18 bits per heavy atom. The molecule has 1 aliphatic carbocycles. The van der Waals surface area contributed by atoms with Gasteiger partial charge in [-0.25, -0.2) is 4.79 Å². The zero-order valence-electron chi connectivity index (χ0n) is 19.5. The molecule has 2 aliphatic rings. The van der Waals surface area contributed by atoms with Crippen LogP contribution in [-0.2, 0) is 14.3 Å². The molecule has 2 aromatic carbocycles. The first-order valence-electron chi connectivity index (χ1n) is 11.5. The average Bonchev–Trinajstić information content (AvgIpc) is 3.11. The number of amides is 2. The van der Waals surface area contributed by atoms with Gasteiger partial charge < -0.3 is 20.1 Å². The normalized spacial score (nSPS) is 16.7. The Bertz CT molecular complexity index is 1070. The second-order valence-corrected chi connectivity index (χ2v) is 9.46. The Balaban J connectivity index is 1.40. The number of fused-ring (bicyclic) bond motifs is 3. The highest BCUT2D eigenvalue weighted by molar-refractivity contribution is 5.89. The van der Waals surface area contributed by atoms with Gasteiger partial charge in [0.2, 0.25) is 5.91 Å². The van der Waals surface area contributed by atoms with E-state index in [-0.39, 0.29) is 43.9 Å². The number of hydrogen-bond acceptors (Lipinski definition) is 4. The van der Waals surface area contributed by atoms with E-state index in [1.807, 2.05) is 50.2 Å². The van der Waals surface area contributed by atoms with Crippen molar-refractivity contribution in [3.63, 3.8) is 0 Å². The highest BCUT2D eigenvalue weighted by atomic mass is 16.5. The van der Waals surface area contributed by atoms with Gasteiger partial charge in [0.05, 0.1) is 0 Å². The molecule has 0 saturated carbocycles. The predicted molar refractivity (Wildman–Crippen MR) is 128 cm³/mol. The molecule has 2 aromatic rings. The van der Waals surface area contributed by atoms with Gasteiger partial charge in [-0.15, -0.1) is 6.58 Å². The smallest absolute Gasteiger partial charge is 0.407 e. The number of allylic oxidation sites excluding steroid dienone is 1. The van der Waals surface area contributed by atoms with Crippen molar-refractivity contribution in [1.82, 2.24) is 10.2 Å². The molecule has 1 aliphatic heterocycles. The van der Waals surface area contributed by atoms with Crippen LogP contribution in [0.2, 0.25) is 0 Å². The number of carbonyl (C=O) groups is 3. The van der Waals surface area contributed by atoms with E-state index in [4.69, 9.17) is 4.74 Å². The maximum Gasteiger partial charge on any atom is 0.407 e. The van der Waals surface area contributed by atoms with Crippen molar-refractivity contribution in [3.05, 3.63) is 72.3 Å². The monoisotopic (exact) mass is 462 g/mol. The van der Waals surface area contributed by atoms with Gasteiger partial charge in [-0.3, -0.25) is 9.59 Å². The maximum absolute atomic E-state index is 13.0. The van der Waals surface area contributed by atoms with E-state index in [2.05, 4.69) is 24.0 Å².